The zero-order chi connectivity index (χ0) is 21.7. The molecule has 158 valence electrons. The number of benzene rings is 2. The van der Waals surface area contributed by atoms with Crippen LogP contribution in [0.4, 0.5) is 26.3 Å². The van der Waals surface area contributed by atoms with Gasteiger partial charge in [-0.3, -0.25) is 9.69 Å². The summed E-state index contributed by atoms with van der Waals surface area (Å²) in [5.74, 6) is -0.994. The third-order valence-electron chi connectivity index (χ3n) is 3.85. The number of para-hydroxylation sites is 1. The first-order valence-corrected chi connectivity index (χ1v) is 8.39. The quantitative estimate of drug-likeness (QED) is 0.678. The Morgan fingerprint density at radius 1 is 0.966 bits per heavy atom. The topological polar surface area (TPSA) is 41.6 Å². The van der Waals surface area contributed by atoms with Crippen molar-refractivity contribution in [1.29, 1.82) is 0 Å². The highest BCUT2D eigenvalue weighted by molar-refractivity contribution is 5.78. The molecule has 0 saturated heterocycles. The summed E-state index contributed by atoms with van der Waals surface area (Å²) in [7, 11) is 1.47. The van der Waals surface area contributed by atoms with Crippen LogP contribution in [-0.2, 0) is 24.1 Å². The number of carbonyl (C=O) groups excluding carboxylic acids is 1. The molecule has 0 heterocycles. The molecule has 2 rings (SSSR count). The van der Waals surface area contributed by atoms with Gasteiger partial charge in [0.1, 0.15) is 5.75 Å². The fourth-order valence-electron chi connectivity index (χ4n) is 2.65. The van der Waals surface area contributed by atoms with E-state index in [0.29, 0.717) is 0 Å². The third kappa shape index (κ3) is 7.30. The van der Waals surface area contributed by atoms with Crippen molar-refractivity contribution < 1.29 is 35.9 Å². The summed E-state index contributed by atoms with van der Waals surface area (Å²) in [4.78, 5) is 13.4. The minimum Gasteiger partial charge on any atom is -0.405 e. The van der Waals surface area contributed by atoms with Gasteiger partial charge in [-0.2, -0.15) is 13.2 Å². The lowest BCUT2D eigenvalue weighted by atomic mass is 10.1. The zero-order valence-corrected chi connectivity index (χ0v) is 15.3. The third-order valence-corrected chi connectivity index (χ3v) is 3.85. The van der Waals surface area contributed by atoms with Gasteiger partial charge in [-0.25, -0.2) is 0 Å². The predicted molar refractivity (Wildman–Crippen MR) is 92.7 cm³/mol. The number of ether oxygens (including phenoxy) is 1. The number of halogens is 6. The van der Waals surface area contributed by atoms with Gasteiger partial charge >= 0.3 is 12.5 Å². The van der Waals surface area contributed by atoms with Crippen LogP contribution in [0.1, 0.15) is 16.7 Å². The molecular formula is C19H18F6N2O2. The Kier molecular flexibility index (Phi) is 7.12. The molecule has 10 heteroatoms. The Bertz CT molecular complexity index is 836. The molecular weight excluding hydrogens is 402 g/mol. The Morgan fingerprint density at radius 2 is 1.55 bits per heavy atom. The Morgan fingerprint density at radius 3 is 2.17 bits per heavy atom. The van der Waals surface area contributed by atoms with Gasteiger partial charge in [0.2, 0.25) is 5.91 Å². The Hall–Kier alpha value is -2.75. The van der Waals surface area contributed by atoms with Crippen molar-refractivity contribution in [3.63, 3.8) is 0 Å². The van der Waals surface area contributed by atoms with Gasteiger partial charge in [-0.15, -0.1) is 13.2 Å². The zero-order valence-electron chi connectivity index (χ0n) is 15.3. The minimum atomic E-state index is -4.87. The lowest BCUT2D eigenvalue weighted by Gasteiger charge is -2.20. The van der Waals surface area contributed by atoms with E-state index < -0.39 is 29.8 Å². The van der Waals surface area contributed by atoms with Crippen molar-refractivity contribution in [1.82, 2.24) is 10.2 Å². The molecule has 0 unspecified atom stereocenters. The molecule has 2 aromatic rings. The fourth-order valence-corrected chi connectivity index (χ4v) is 2.65. The highest BCUT2D eigenvalue weighted by Gasteiger charge is 2.33. The summed E-state index contributed by atoms with van der Waals surface area (Å²) >= 11 is 0. The maximum absolute atomic E-state index is 13.0. The van der Waals surface area contributed by atoms with Crippen LogP contribution < -0.4 is 10.1 Å². The lowest BCUT2D eigenvalue weighted by Crippen LogP contribution is -2.35. The van der Waals surface area contributed by atoms with Gasteiger partial charge in [0, 0.05) is 18.7 Å². The van der Waals surface area contributed by atoms with E-state index in [2.05, 4.69) is 10.1 Å². The van der Waals surface area contributed by atoms with Crippen molar-refractivity contribution in [2.75, 3.05) is 13.6 Å². The second-order valence-electron chi connectivity index (χ2n) is 6.26. The number of hydrogen-bond donors (Lipinski definition) is 1. The molecule has 29 heavy (non-hydrogen) atoms. The van der Waals surface area contributed by atoms with Gasteiger partial charge in [-0.05, 0) is 24.7 Å². The maximum atomic E-state index is 13.0. The molecule has 4 nitrogen and oxygen atoms in total. The molecule has 1 amide bonds. The molecule has 0 aromatic heterocycles. The second kappa shape index (κ2) is 9.17. The number of hydrogen-bond acceptors (Lipinski definition) is 3. The van der Waals surface area contributed by atoms with Gasteiger partial charge < -0.3 is 10.1 Å². The average Bonchev–Trinajstić information content (AvgIpc) is 2.59. The van der Waals surface area contributed by atoms with Crippen molar-refractivity contribution in [3.8, 4) is 5.75 Å². The van der Waals surface area contributed by atoms with Crippen molar-refractivity contribution in [2.45, 2.75) is 25.6 Å². The summed E-state index contributed by atoms with van der Waals surface area (Å²) in [6.45, 7) is -0.594. The summed E-state index contributed by atoms with van der Waals surface area (Å²) in [6, 6.07) is 10.4. The van der Waals surface area contributed by atoms with E-state index in [1.807, 2.05) is 0 Å². The van der Waals surface area contributed by atoms with Gasteiger partial charge in [0.25, 0.3) is 0 Å². The van der Waals surface area contributed by atoms with Crippen molar-refractivity contribution in [3.05, 3.63) is 65.2 Å². The summed E-state index contributed by atoms with van der Waals surface area (Å²) in [5.41, 5.74) is -0.659. The summed E-state index contributed by atoms with van der Waals surface area (Å²) in [6.07, 6.45) is -9.38. The van der Waals surface area contributed by atoms with Crippen LogP contribution in [0, 0.1) is 0 Å². The molecule has 0 atom stereocenters. The monoisotopic (exact) mass is 420 g/mol. The van der Waals surface area contributed by atoms with Crippen LogP contribution in [-0.4, -0.2) is 30.8 Å². The van der Waals surface area contributed by atoms with Crippen LogP contribution >= 0.6 is 0 Å². The van der Waals surface area contributed by atoms with Crippen LogP contribution in [0.3, 0.4) is 0 Å². The fraction of sp³-hybridized carbons (Fsp3) is 0.316. The van der Waals surface area contributed by atoms with Crippen LogP contribution in [0.25, 0.3) is 0 Å². The van der Waals surface area contributed by atoms with Crippen LogP contribution in [0.5, 0.6) is 5.75 Å². The SMILES string of the molecule is CN(CC(=O)NCc1ccccc1OC(F)(F)F)Cc1ccccc1C(F)(F)F. The highest BCUT2D eigenvalue weighted by Crippen LogP contribution is 2.32. The van der Waals surface area contributed by atoms with E-state index >= 15 is 0 Å². The molecule has 0 aliphatic heterocycles. The van der Waals surface area contributed by atoms with E-state index in [0.717, 1.165) is 12.1 Å². The van der Waals surface area contributed by atoms with E-state index in [4.69, 9.17) is 0 Å². The van der Waals surface area contributed by atoms with Crippen molar-refractivity contribution in [2.24, 2.45) is 0 Å². The predicted octanol–water partition coefficient (Wildman–Crippen LogP) is 4.35. The standard InChI is InChI=1S/C19H18F6N2O2/c1-27(11-14-7-2-4-8-15(14)18(20,21)22)12-17(28)26-10-13-6-3-5-9-16(13)29-19(23,24)25/h2-9H,10-12H2,1H3,(H,26,28). The number of carbonyl (C=O) groups is 1. The molecule has 0 radical (unpaired) electrons. The molecule has 0 saturated carbocycles. The molecule has 2 aromatic carbocycles. The van der Waals surface area contributed by atoms with E-state index in [1.165, 1.54) is 48.3 Å². The lowest BCUT2D eigenvalue weighted by molar-refractivity contribution is -0.274. The number of amides is 1. The van der Waals surface area contributed by atoms with Crippen molar-refractivity contribution >= 4 is 5.91 Å². The number of alkyl halides is 6. The van der Waals surface area contributed by atoms with E-state index in [-0.39, 0.29) is 30.8 Å². The van der Waals surface area contributed by atoms with Crippen LogP contribution in [0.15, 0.2) is 48.5 Å². The first-order chi connectivity index (χ1) is 13.5. The normalized spacial score (nSPS) is 12.1. The molecule has 0 bridgehead atoms. The number of rotatable bonds is 7. The minimum absolute atomic E-state index is 0.0132. The number of nitrogens with zero attached hydrogens (tertiary/aromatic N) is 1. The molecule has 1 N–H and O–H groups in total. The van der Waals surface area contributed by atoms with Crippen LogP contribution in [0.2, 0.25) is 0 Å². The van der Waals surface area contributed by atoms with Gasteiger partial charge in [-0.1, -0.05) is 36.4 Å². The van der Waals surface area contributed by atoms with E-state index in [9.17, 15) is 31.1 Å². The first kappa shape index (κ1) is 22.5. The number of likely N-dealkylation sites (N-methyl/N-ethyl adjacent to an activating group) is 1. The first-order valence-electron chi connectivity index (χ1n) is 8.39. The summed E-state index contributed by atoms with van der Waals surface area (Å²) < 4.78 is 80.3. The number of nitrogens with one attached hydrogen (secondary N) is 1. The van der Waals surface area contributed by atoms with Gasteiger partial charge in [0.15, 0.2) is 0 Å². The largest absolute Gasteiger partial charge is 0.573 e. The Labute approximate surface area is 163 Å². The smallest absolute Gasteiger partial charge is 0.405 e. The van der Waals surface area contributed by atoms with Gasteiger partial charge in [0.05, 0.1) is 12.1 Å². The Balaban J connectivity index is 1.94. The molecule has 0 aliphatic rings. The molecule has 0 aliphatic carbocycles. The maximum Gasteiger partial charge on any atom is 0.573 e. The summed E-state index contributed by atoms with van der Waals surface area (Å²) in [5, 5.41) is 2.44. The van der Waals surface area contributed by atoms with E-state index in [1.54, 1.807) is 0 Å². The highest BCUT2D eigenvalue weighted by atomic mass is 19.4. The average molecular weight is 420 g/mol. The molecule has 0 spiro atoms. The second-order valence-corrected chi connectivity index (χ2v) is 6.26. The molecule has 0 fully saturated rings.